The van der Waals surface area contributed by atoms with Crippen LogP contribution in [0.4, 0.5) is 0 Å². The Bertz CT molecular complexity index is 163. The van der Waals surface area contributed by atoms with E-state index in [1.165, 1.54) is 11.5 Å². The van der Waals surface area contributed by atoms with Gasteiger partial charge in [-0.25, -0.2) is 0 Å². The molecule has 0 amide bonds. The van der Waals surface area contributed by atoms with Crippen molar-refractivity contribution in [3.8, 4) is 0 Å². The van der Waals surface area contributed by atoms with Crippen LogP contribution in [-0.4, -0.2) is 16.3 Å². The van der Waals surface area contributed by atoms with Crippen molar-refractivity contribution < 1.29 is 0 Å². The van der Waals surface area contributed by atoms with E-state index >= 15 is 0 Å². The first-order valence-electron chi connectivity index (χ1n) is 4.39. The van der Waals surface area contributed by atoms with Crippen molar-refractivity contribution in [3.05, 3.63) is 0 Å². The van der Waals surface area contributed by atoms with Gasteiger partial charge in [-0.15, -0.1) is 11.8 Å². The summed E-state index contributed by atoms with van der Waals surface area (Å²) in [5.41, 5.74) is 0. The van der Waals surface area contributed by atoms with Gasteiger partial charge in [0.2, 0.25) is 0 Å². The fraction of sp³-hybridized carbons (Fsp3) is 0.889. The Balaban J connectivity index is 2.56. The smallest absolute Gasteiger partial charge is 0.0708 e. The van der Waals surface area contributed by atoms with Crippen LogP contribution in [0, 0.1) is 5.92 Å². The topological polar surface area (TPSA) is 12.4 Å². The molecule has 0 radical (unpaired) electrons. The van der Waals surface area contributed by atoms with Gasteiger partial charge in [0, 0.05) is 11.2 Å². The lowest BCUT2D eigenvalue weighted by molar-refractivity contribution is 0.683. The predicted octanol–water partition coefficient (Wildman–Crippen LogP) is 2.95. The summed E-state index contributed by atoms with van der Waals surface area (Å²) in [6.45, 7) is 8.90. The molecule has 0 aromatic heterocycles. The summed E-state index contributed by atoms with van der Waals surface area (Å²) in [5.74, 6) is 0.624. The zero-order valence-electron chi connectivity index (χ0n) is 7.79. The molecule has 1 nitrogen and oxygen atoms in total. The molecular formula is C9H17NS. The van der Waals surface area contributed by atoms with Crippen molar-refractivity contribution in [2.75, 3.05) is 0 Å². The molecule has 1 aliphatic heterocycles. The van der Waals surface area contributed by atoms with Crippen LogP contribution in [-0.2, 0) is 0 Å². The Morgan fingerprint density at radius 3 is 2.45 bits per heavy atom. The van der Waals surface area contributed by atoms with E-state index in [1.54, 1.807) is 0 Å². The molecule has 2 unspecified atom stereocenters. The summed E-state index contributed by atoms with van der Waals surface area (Å²) in [6.07, 6.45) is 1.24. The molecule has 1 rings (SSSR count). The highest BCUT2D eigenvalue weighted by molar-refractivity contribution is 8.14. The second kappa shape index (κ2) is 3.61. The van der Waals surface area contributed by atoms with E-state index in [1.807, 2.05) is 11.8 Å². The van der Waals surface area contributed by atoms with Gasteiger partial charge in [-0.05, 0) is 13.3 Å². The molecule has 2 atom stereocenters. The molecule has 0 saturated heterocycles. The highest BCUT2D eigenvalue weighted by Gasteiger charge is 2.25. The van der Waals surface area contributed by atoms with E-state index < -0.39 is 0 Å². The third-order valence-corrected chi connectivity index (χ3v) is 3.89. The van der Waals surface area contributed by atoms with Gasteiger partial charge in [-0.3, -0.25) is 4.99 Å². The first-order valence-corrected chi connectivity index (χ1v) is 5.27. The predicted molar refractivity (Wildman–Crippen MR) is 53.4 cm³/mol. The summed E-state index contributed by atoms with van der Waals surface area (Å²) < 4.78 is 0. The molecule has 1 heterocycles. The van der Waals surface area contributed by atoms with Crippen LogP contribution in [0.1, 0.15) is 34.1 Å². The molecule has 0 N–H and O–H groups in total. The zero-order chi connectivity index (χ0) is 8.43. The average Bonchev–Trinajstić information content (AvgIpc) is 2.31. The van der Waals surface area contributed by atoms with Crippen molar-refractivity contribution in [3.63, 3.8) is 0 Å². The molecule has 0 bridgehead atoms. The van der Waals surface area contributed by atoms with Crippen molar-refractivity contribution in [1.29, 1.82) is 0 Å². The van der Waals surface area contributed by atoms with E-state index in [-0.39, 0.29) is 0 Å². The summed E-state index contributed by atoms with van der Waals surface area (Å²) in [7, 11) is 0. The van der Waals surface area contributed by atoms with Crippen LogP contribution in [0.3, 0.4) is 0 Å². The van der Waals surface area contributed by atoms with Crippen molar-refractivity contribution in [2.45, 2.75) is 45.4 Å². The Hall–Kier alpha value is 0.0200. The number of hydrogen-bond donors (Lipinski definition) is 0. The largest absolute Gasteiger partial charge is 0.278 e. The second-order valence-electron chi connectivity index (χ2n) is 3.43. The Morgan fingerprint density at radius 1 is 1.55 bits per heavy atom. The molecule has 2 heteroatoms. The number of hydrogen-bond acceptors (Lipinski definition) is 2. The molecule has 11 heavy (non-hydrogen) atoms. The fourth-order valence-corrected chi connectivity index (χ4v) is 2.51. The molecule has 0 aliphatic carbocycles. The third kappa shape index (κ3) is 1.98. The summed E-state index contributed by atoms with van der Waals surface area (Å²) in [6, 6.07) is 0.544. The highest BCUT2D eigenvalue weighted by Crippen LogP contribution is 2.31. The fourth-order valence-electron chi connectivity index (χ4n) is 1.28. The Kier molecular flexibility index (Phi) is 2.99. The molecular weight excluding hydrogens is 154 g/mol. The SMILES string of the molecule is CCC1SC(C(C)C)=NC1C. The van der Waals surface area contributed by atoms with Crippen molar-refractivity contribution in [2.24, 2.45) is 10.9 Å². The Labute approximate surface area is 73.7 Å². The monoisotopic (exact) mass is 171 g/mol. The minimum atomic E-state index is 0.544. The van der Waals surface area contributed by atoms with Gasteiger partial charge >= 0.3 is 0 Å². The maximum absolute atomic E-state index is 4.62. The quantitative estimate of drug-likeness (QED) is 0.622. The van der Waals surface area contributed by atoms with Crippen LogP contribution in [0.15, 0.2) is 4.99 Å². The summed E-state index contributed by atoms with van der Waals surface area (Å²) >= 11 is 1.98. The van der Waals surface area contributed by atoms with Crippen molar-refractivity contribution in [1.82, 2.24) is 0 Å². The number of rotatable bonds is 2. The van der Waals surface area contributed by atoms with Gasteiger partial charge in [0.25, 0.3) is 0 Å². The second-order valence-corrected chi connectivity index (χ2v) is 4.69. The number of aliphatic imine (C=N–C) groups is 1. The zero-order valence-corrected chi connectivity index (χ0v) is 8.61. The Morgan fingerprint density at radius 2 is 2.18 bits per heavy atom. The lowest BCUT2D eigenvalue weighted by Gasteiger charge is -2.09. The van der Waals surface area contributed by atoms with Gasteiger partial charge in [0.1, 0.15) is 0 Å². The van der Waals surface area contributed by atoms with E-state index in [0.717, 1.165) is 5.25 Å². The summed E-state index contributed by atoms with van der Waals surface area (Å²) in [5, 5.41) is 2.09. The van der Waals surface area contributed by atoms with Crippen molar-refractivity contribution >= 4 is 16.8 Å². The minimum Gasteiger partial charge on any atom is -0.278 e. The molecule has 0 aromatic rings. The average molecular weight is 171 g/mol. The van der Waals surface area contributed by atoms with E-state index in [4.69, 9.17) is 0 Å². The molecule has 64 valence electrons. The third-order valence-electron chi connectivity index (χ3n) is 2.04. The lowest BCUT2D eigenvalue weighted by Crippen LogP contribution is -2.11. The van der Waals surface area contributed by atoms with Crippen LogP contribution < -0.4 is 0 Å². The van der Waals surface area contributed by atoms with E-state index in [0.29, 0.717) is 12.0 Å². The maximum Gasteiger partial charge on any atom is 0.0708 e. The number of nitrogens with zero attached hydrogens (tertiary/aromatic N) is 1. The molecule has 0 fully saturated rings. The van der Waals surface area contributed by atoms with Gasteiger partial charge in [-0.2, -0.15) is 0 Å². The van der Waals surface area contributed by atoms with Gasteiger partial charge in [-0.1, -0.05) is 20.8 Å². The van der Waals surface area contributed by atoms with Crippen LogP contribution in [0.2, 0.25) is 0 Å². The minimum absolute atomic E-state index is 0.544. The summed E-state index contributed by atoms with van der Waals surface area (Å²) in [4.78, 5) is 4.62. The van der Waals surface area contributed by atoms with E-state index in [2.05, 4.69) is 32.7 Å². The van der Waals surface area contributed by atoms with Gasteiger partial charge in [0.05, 0.1) is 11.1 Å². The first kappa shape index (κ1) is 9.11. The lowest BCUT2D eigenvalue weighted by atomic mass is 10.2. The molecule has 0 saturated carbocycles. The van der Waals surface area contributed by atoms with Crippen LogP contribution >= 0.6 is 11.8 Å². The van der Waals surface area contributed by atoms with Crippen LogP contribution in [0.5, 0.6) is 0 Å². The van der Waals surface area contributed by atoms with Crippen LogP contribution in [0.25, 0.3) is 0 Å². The van der Waals surface area contributed by atoms with Gasteiger partial charge < -0.3 is 0 Å². The highest BCUT2D eigenvalue weighted by atomic mass is 32.2. The normalized spacial score (nSPS) is 31.2. The van der Waals surface area contributed by atoms with E-state index in [9.17, 15) is 0 Å². The molecule has 0 aromatic carbocycles. The number of thioether (sulfide) groups is 1. The van der Waals surface area contributed by atoms with Gasteiger partial charge in [0.15, 0.2) is 0 Å². The standard InChI is InChI=1S/C9H17NS/c1-5-8-7(4)10-9(11-8)6(2)3/h6-8H,5H2,1-4H3. The first-order chi connectivity index (χ1) is 5.15. The molecule has 0 spiro atoms. The maximum atomic E-state index is 4.62. The molecule has 1 aliphatic rings.